The van der Waals surface area contributed by atoms with Gasteiger partial charge in [-0.25, -0.2) is 21.6 Å². The molecule has 0 aliphatic carbocycles. The first kappa shape index (κ1) is 14.2. The van der Waals surface area contributed by atoms with Gasteiger partial charge in [-0.15, -0.1) is 0 Å². The minimum absolute atomic E-state index is 0.366. The summed E-state index contributed by atoms with van der Waals surface area (Å²) in [5.74, 6) is -2.87. The van der Waals surface area contributed by atoms with Gasteiger partial charge in [0.05, 0.1) is 5.69 Å². The molecule has 0 atom stereocenters. The molecule has 2 aromatic rings. The molecule has 0 aliphatic rings. The second-order valence-corrected chi connectivity index (χ2v) is 5.54. The number of hydrogen-bond acceptors (Lipinski definition) is 3. The highest BCUT2D eigenvalue weighted by Crippen LogP contribution is 2.25. The SMILES string of the molecule is Nc1cc(F)ccc1S(=O)(=O)Nc1c(F)cccc1F. The van der Waals surface area contributed by atoms with Crippen molar-refractivity contribution in [1.29, 1.82) is 0 Å². The van der Waals surface area contributed by atoms with Gasteiger partial charge in [-0.2, -0.15) is 0 Å². The van der Waals surface area contributed by atoms with Crippen molar-refractivity contribution in [3.8, 4) is 0 Å². The summed E-state index contributed by atoms with van der Waals surface area (Å²) in [4.78, 5) is -0.471. The smallest absolute Gasteiger partial charge is 0.264 e. The van der Waals surface area contributed by atoms with Crippen LogP contribution in [0.25, 0.3) is 0 Å². The van der Waals surface area contributed by atoms with Crippen LogP contribution in [-0.2, 0) is 10.0 Å². The number of halogens is 3. The fourth-order valence-electron chi connectivity index (χ4n) is 1.55. The summed E-state index contributed by atoms with van der Waals surface area (Å²) in [5, 5.41) is 0. The van der Waals surface area contributed by atoms with Crippen molar-refractivity contribution in [2.45, 2.75) is 4.90 Å². The maximum absolute atomic E-state index is 13.4. The highest BCUT2D eigenvalue weighted by atomic mass is 32.2. The summed E-state index contributed by atoms with van der Waals surface area (Å²) in [6, 6.07) is 5.47. The molecule has 106 valence electrons. The van der Waals surface area contributed by atoms with Crippen molar-refractivity contribution >= 4 is 21.4 Å². The Morgan fingerprint density at radius 1 is 1.00 bits per heavy atom. The van der Waals surface area contributed by atoms with Crippen LogP contribution in [0, 0.1) is 17.5 Å². The van der Waals surface area contributed by atoms with Gasteiger partial charge in [0, 0.05) is 0 Å². The van der Waals surface area contributed by atoms with Crippen LogP contribution in [0.5, 0.6) is 0 Å². The third kappa shape index (κ3) is 2.69. The average molecular weight is 302 g/mol. The van der Waals surface area contributed by atoms with E-state index in [0.29, 0.717) is 0 Å². The zero-order chi connectivity index (χ0) is 14.9. The highest BCUT2D eigenvalue weighted by molar-refractivity contribution is 7.92. The number of nitrogens with two attached hydrogens (primary N) is 1. The van der Waals surface area contributed by atoms with Crippen molar-refractivity contribution in [1.82, 2.24) is 0 Å². The molecule has 0 unspecified atom stereocenters. The number of sulfonamides is 1. The van der Waals surface area contributed by atoms with E-state index >= 15 is 0 Å². The summed E-state index contributed by atoms with van der Waals surface area (Å²) >= 11 is 0. The maximum Gasteiger partial charge on any atom is 0.264 e. The van der Waals surface area contributed by atoms with Crippen LogP contribution in [0.1, 0.15) is 0 Å². The number of benzene rings is 2. The first-order chi connectivity index (χ1) is 9.31. The van der Waals surface area contributed by atoms with E-state index in [1.165, 1.54) is 0 Å². The molecule has 3 N–H and O–H groups in total. The lowest BCUT2D eigenvalue weighted by Gasteiger charge is -2.11. The molecule has 0 fully saturated rings. The van der Waals surface area contributed by atoms with Crippen molar-refractivity contribution in [3.05, 3.63) is 53.8 Å². The van der Waals surface area contributed by atoms with Crippen molar-refractivity contribution < 1.29 is 21.6 Å². The van der Waals surface area contributed by atoms with E-state index in [0.717, 1.165) is 36.4 Å². The highest BCUT2D eigenvalue weighted by Gasteiger charge is 2.21. The lowest BCUT2D eigenvalue weighted by molar-refractivity contribution is 0.582. The lowest BCUT2D eigenvalue weighted by atomic mass is 10.3. The van der Waals surface area contributed by atoms with E-state index in [-0.39, 0.29) is 5.69 Å². The first-order valence-corrected chi connectivity index (χ1v) is 6.81. The summed E-state index contributed by atoms with van der Waals surface area (Å²) < 4.78 is 65.4. The van der Waals surface area contributed by atoms with Crippen LogP contribution < -0.4 is 10.5 Å². The van der Waals surface area contributed by atoms with Gasteiger partial charge >= 0.3 is 0 Å². The number of nitrogens with one attached hydrogen (secondary N) is 1. The van der Waals surface area contributed by atoms with Crippen LogP contribution in [0.2, 0.25) is 0 Å². The molecule has 0 amide bonds. The number of rotatable bonds is 3. The van der Waals surface area contributed by atoms with E-state index in [2.05, 4.69) is 0 Å². The van der Waals surface area contributed by atoms with Crippen LogP contribution >= 0.6 is 0 Å². The minimum Gasteiger partial charge on any atom is -0.398 e. The third-order valence-electron chi connectivity index (χ3n) is 2.46. The van der Waals surface area contributed by atoms with Crippen molar-refractivity contribution in [2.24, 2.45) is 0 Å². The quantitative estimate of drug-likeness (QED) is 0.856. The Hall–Kier alpha value is -2.22. The summed E-state index contributed by atoms with van der Waals surface area (Å²) in [6.07, 6.45) is 0. The average Bonchev–Trinajstić information content (AvgIpc) is 2.33. The Labute approximate surface area is 113 Å². The minimum atomic E-state index is -4.33. The lowest BCUT2D eigenvalue weighted by Crippen LogP contribution is -2.16. The van der Waals surface area contributed by atoms with Gasteiger partial charge in [0.15, 0.2) is 0 Å². The van der Waals surface area contributed by atoms with Gasteiger partial charge in [0.1, 0.15) is 28.0 Å². The van der Waals surface area contributed by atoms with E-state index in [1.54, 1.807) is 4.72 Å². The Kier molecular flexibility index (Phi) is 3.58. The largest absolute Gasteiger partial charge is 0.398 e. The number of anilines is 2. The fourth-order valence-corrected chi connectivity index (χ4v) is 2.74. The first-order valence-electron chi connectivity index (χ1n) is 5.33. The van der Waals surface area contributed by atoms with Crippen molar-refractivity contribution in [2.75, 3.05) is 10.5 Å². The monoisotopic (exact) mass is 302 g/mol. The number of nitrogen functional groups attached to an aromatic ring is 1. The Morgan fingerprint density at radius 2 is 1.60 bits per heavy atom. The van der Waals surface area contributed by atoms with Gasteiger partial charge < -0.3 is 5.73 Å². The van der Waals surface area contributed by atoms with Crippen LogP contribution in [0.4, 0.5) is 24.5 Å². The molecule has 0 radical (unpaired) electrons. The van der Waals surface area contributed by atoms with Gasteiger partial charge in [0.25, 0.3) is 10.0 Å². The predicted octanol–water partition coefficient (Wildman–Crippen LogP) is 2.49. The van der Waals surface area contributed by atoms with E-state index in [4.69, 9.17) is 5.73 Å². The Balaban J connectivity index is 2.46. The summed E-state index contributed by atoms with van der Waals surface area (Å²) in [7, 11) is -4.33. The molecule has 0 aliphatic heterocycles. The summed E-state index contributed by atoms with van der Waals surface area (Å²) in [6.45, 7) is 0. The number of hydrogen-bond donors (Lipinski definition) is 2. The van der Waals surface area contributed by atoms with Crippen LogP contribution in [0.3, 0.4) is 0 Å². The molecular weight excluding hydrogens is 293 g/mol. The second-order valence-electron chi connectivity index (χ2n) is 3.88. The van der Waals surface area contributed by atoms with Crippen LogP contribution in [0.15, 0.2) is 41.3 Å². The molecule has 2 rings (SSSR count). The maximum atomic E-state index is 13.4. The molecular formula is C12H9F3N2O2S. The predicted molar refractivity (Wildman–Crippen MR) is 68.0 cm³/mol. The van der Waals surface area contributed by atoms with Gasteiger partial charge in [-0.1, -0.05) is 6.07 Å². The molecule has 4 nitrogen and oxygen atoms in total. The molecule has 0 bridgehead atoms. The normalized spacial score (nSPS) is 11.3. The van der Waals surface area contributed by atoms with Gasteiger partial charge in [-0.3, -0.25) is 4.72 Å². The van der Waals surface area contributed by atoms with Gasteiger partial charge in [-0.05, 0) is 30.3 Å². The van der Waals surface area contributed by atoms with Gasteiger partial charge in [0.2, 0.25) is 0 Å². The topological polar surface area (TPSA) is 72.2 Å². The molecule has 0 saturated carbocycles. The fraction of sp³-hybridized carbons (Fsp3) is 0. The van der Waals surface area contributed by atoms with E-state index in [1.807, 2.05) is 0 Å². The molecule has 2 aromatic carbocycles. The Bertz CT molecular complexity index is 743. The van der Waals surface area contributed by atoms with Crippen molar-refractivity contribution in [3.63, 3.8) is 0 Å². The molecule has 0 aromatic heterocycles. The van der Waals surface area contributed by atoms with E-state index in [9.17, 15) is 21.6 Å². The standard InChI is InChI=1S/C12H9F3N2O2S/c13-7-4-5-11(10(16)6-7)20(18,19)17-12-8(14)2-1-3-9(12)15/h1-6,17H,16H2. The zero-order valence-corrected chi connectivity index (χ0v) is 10.7. The molecule has 8 heteroatoms. The summed E-state index contributed by atoms with van der Waals surface area (Å²) in [5.41, 5.74) is 4.20. The van der Waals surface area contributed by atoms with Crippen LogP contribution in [-0.4, -0.2) is 8.42 Å². The molecule has 0 heterocycles. The van der Waals surface area contributed by atoms with E-state index < -0.39 is 38.1 Å². The number of para-hydroxylation sites is 1. The Morgan fingerprint density at radius 3 is 2.15 bits per heavy atom. The third-order valence-corrected chi connectivity index (χ3v) is 3.88. The second kappa shape index (κ2) is 5.04. The molecule has 0 saturated heterocycles. The molecule has 20 heavy (non-hydrogen) atoms. The zero-order valence-electron chi connectivity index (χ0n) is 9.90. The molecule has 0 spiro atoms.